The summed E-state index contributed by atoms with van der Waals surface area (Å²) in [6.07, 6.45) is 0.399. The molecule has 130 valence electrons. The average Bonchev–Trinajstić information content (AvgIpc) is 2.69. The van der Waals surface area contributed by atoms with Crippen molar-refractivity contribution in [1.82, 2.24) is 5.32 Å². The number of nitrogens with one attached hydrogen (secondary N) is 1. The van der Waals surface area contributed by atoms with Crippen LogP contribution in [-0.4, -0.2) is 24.4 Å². The fourth-order valence-corrected chi connectivity index (χ4v) is 3.42. The van der Waals surface area contributed by atoms with Crippen molar-refractivity contribution in [2.45, 2.75) is 31.8 Å². The van der Waals surface area contributed by atoms with Crippen molar-refractivity contribution in [2.24, 2.45) is 5.92 Å². The van der Waals surface area contributed by atoms with E-state index in [1.165, 1.54) is 0 Å². The molecule has 1 N–H and O–H groups in total. The fourth-order valence-electron chi connectivity index (χ4n) is 3.42. The molecule has 4 heteroatoms. The van der Waals surface area contributed by atoms with Crippen molar-refractivity contribution in [3.8, 4) is 0 Å². The van der Waals surface area contributed by atoms with Crippen molar-refractivity contribution in [3.05, 3.63) is 71.8 Å². The van der Waals surface area contributed by atoms with E-state index < -0.39 is 17.5 Å². The first-order valence-electron chi connectivity index (χ1n) is 8.66. The summed E-state index contributed by atoms with van der Waals surface area (Å²) in [6, 6.07) is 19.2. The van der Waals surface area contributed by atoms with Gasteiger partial charge in [0.15, 0.2) is 0 Å². The van der Waals surface area contributed by atoms with E-state index in [4.69, 9.17) is 4.74 Å². The van der Waals surface area contributed by atoms with Crippen molar-refractivity contribution in [1.29, 1.82) is 0 Å². The largest absolute Gasteiger partial charge is 0.462 e. The third kappa shape index (κ3) is 3.22. The third-order valence-corrected chi connectivity index (χ3v) is 4.98. The van der Waals surface area contributed by atoms with E-state index in [0.29, 0.717) is 6.42 Å². The van der Waals surface area contributed by atoms with E-state index in [1.807, 2.05) is 67.6 Å². The number of esters is 1. The predicted octanol–water partition coefficient (Wildman–Crippen LogP) is 3.06. The summed E-state index contributed by atoms with van der Waals surface area (Å²) in [5.41, 5.74) is 1.35. The number of rotatable bonds is 5. The maximum Gasteiger partial charge on any atom is 0.324 e. The van der Waals surface area contributed by atoms with Gasteiger partial charge in [-0.15, -0.1) is 0 Å². The minimum Gasteiger partial charge on any atom is -0.462 e. The molecule has 1 aliphatic heterocycles. The summed E-state index contributed by atoms with van der Waals surface area (Å²) >= 11 is 0. The normalized spacial score (nSPS) is 20.6. The number of hydrogen-bond acceptors (Lipinski definition) is 4. The van der Waals surface area contributed by atoms with Crippen LogP contribution in [0.25, 0.3) is 0 Å². The van der Waals surface area contributed by atoms with E-state index in [9.17, 15) is 9.59 Å². The summed E-state index contributed by atoms with van der Waals surface area (Å²) in [6.45, 7) is 3.80. The second-order valence-electron chi connectivity index (χ2n) is 6.48. The molecule has 25 heavy (non-hydrogen) atoms. The molecule has 1 saturated heterocycles. The maximum atomic E-state index is 12.4. The first kappa shape index (κ1) is 17.4. The van der Waals surface area contributed by atoms with Gasteiger partial charge in [-0.1, -0.05) is 74.5 Å². The van der Waals surface area contributed by atoms with E-state index in [-0.39, 0.29) is 18.4 Å². The Kier molecular flexibility index (Phi) is 5.00. The van der Waals surface area contributed by atoms with Crippen molar-refractivity contribution >= 4 is 11.8 Å². The smallest absolute Gasteiger partial charge is 0.324 e. The van der Waals surface area contributed by atoms with Gasteiger partial charge in [-0.2, -0.15) is 0 Å². The highest BCUT2D eigenvalue weighted by molar-refractivity contribution is 5.89. The van der Waals surface area contributed by atoms with Gasteiger partial charge in [0.1, 0.15) is 24.0 Å². The number of carbonyl (C=O) groups excluding carboxylic acids is 2. The molecule has 0 aromatic heterocycles. The number of hydrogen-bond donors (Lipinski definition) is 1. The second kappa shape index (κ2) is 7.19. The summed E-state index contributed by atoms with van der Waals surface area (Å²) in [4.78, 5) is 24.6. The number of Topliss-reactive ketones (excluding diaryl/α,β-unsaturated/α-hetero) is 1. The first-order chi connectivity index (χ1) is 12.1. The molecule has 2 aromatic rings. The van der Waals surface area contributed by atoms with Gasteiger partial charge in [0, 0.05) is 12.3 Å². The highest BCUT2D eigenvalue weighted by Crippen LogP contribution is 2.34. The summed E-state index contributed by atoms with van der Waals surface area (Å²) in [5.74, 6) is -0.757. The van der Waals surface area contributed by atoms with Crippen LogP contribution < -0.4 is 5.32 Å². The number of ether oxygens (including phenoxy) is 1. The summed E-state index contributed by atoms with van der Waals surface area (Å²) < 4.78 is 5.58. The molecule has 0 aliphatic carbocycles. The van der Waals surface area contributed by atoms with Crippen molar-refractivity contribution < 1.29 is 14.3 Å². The topological polar surface area (TPSA) is 55.4 Å². The minimum atomic E-state index is -0.665. The Morgan fingerprint density at radius 2 is 1.64 bits per heavy atom. The van der Waals surface area contributed by atoms with Gasteiger partial charge in [-0.25, -0.2) is 0 Å². The average molecular weight is 337 g/mol. The molecule has 3 rings (SSSR count). The van der Waals surface area contributed by atoms with E-state index in [0.717, 1.165) is 11.1 Å². The fraction of sp³-hybridized carbons (Fsp3) is 0.333. The van der Waals surface area contributed by atoms with Crippen LogP contribution >= 0.6 is 0 Å². The number of carbonyl (C=O) groups is 2. The molecule has 0 spiro atoms. The zero-order valence-corrected chi connectivity index (χ0v) is 14.6. The number of morpholine rings is 1. The van der Waals surface area contributed by atoms with E-state index >= 15 is 0 Å². The van der Waals surface area contributed by atoms with Crippen molar-refractivity contribution in [3.63, 3.8) is 0 Å². The zero-order chi connectivity index (χ0) is 17.9. The predicted molar refractivity (Wildman–Crippen MR) is 96.0 cm³/mol. The lowest BCUT2D eigenvalue weighted by Crippen LogP contribution is -2.62. The van der Waals surface area contributed by atoms with Gasteiger partial charge < -0.3 is 4.74 Å². The molecular weight excluding hydrogens is 314 g/mol. The molecule has 0 saturated carbocycles. The van der Waals surface area contributed by atoms with Gasteiger partial charge in [-0.3, -0.25) is 14.9 Å². The van der Waals surface area contributed by atoms with Crippen LogP contribution in [0.1, 0.15) is 31.4 Å². The van der Waals surface area contributed by atoms with E-state index in [2.05, 4.69) is 5.32 Å². The van der Waals surface area contributed by atoms with Gasteiger partial charge in [0.05, 0.1) is 0 Å². The number of cyclic esters (lactones) is 1. The number of ketones is 1. The Bertz CT molecular complexity index is 703. The summed E-state index contributed by atoms with van der Waals surface area (Å²) in [5, 5.41) is 3.47. The monoisotopic (exact) mass is 337 g/mol. The van der Waals surface area contributed by atoms with Crippen LogP contribution in [0.15, 0.2) is 60.7 Å². The van der Waals surface area contributed by atoms with Crippen LogP contribution in [-0.2, 0) is 19.9 Å². The number of benzene rings is 2. The standard InChI is InChI=1S/C21H23NO3/c1-3-18(23)15(2)19-20(24)25-14-21(22-19,16-10-6-4-7-11-16)17-12-8-5-9-13-17/h4-13,15,19,22H,3,14H2,1-2H3/t15-,19-/m0/s1. The molecule has 0 radical (unpaired) electrons. The third-order valence-electron chi connectivity index (χ3n) is 4.98. The van der Waals surface area contributed by atoms with Crippen LogP contribution in [0, 0.1) is 5.92 Å². The Balaban J connectivity index is 2.07. The highest BCUT2D eigenvalue weighted by atomic mass is 16.5. The highest BCUT2D eigenvalue weighted by Gasteiger charge is 2.46. The molecule has 1 heterocycles. The molecule has 0 unspecified atom stereocenters. The minimum absolute atomic E-state index is 0.0476. The Morgan fingerprint density at radius 3 is 2.12 bits per heavy atom. The molecular formula is C21H23NO3. The Morgan fingerprint density at radius 1 is 1.12 bits per heavy atom. The zero-order valence-electron chi connectivity index (χ0n) is 14.6. The van der Waals surface area contributed by atoms with Gasteiger partial charge in [0.25, 0.3) is 0 Å². The second-order valence-corrected chi connectivity index (χ2v) is 6.48. The van der Waals surface area contributed by atoms with Crippen LogP contribution in [0.4, 0.5) is 0 Å². The SMILES string of the molecule is CCC(=O)[C@H](C)[C@@H]1NC(c2ccccc2)(c2ccccc2)COC1=O. The molecule has 0 amide bonds. The lowest BCUT2D eigenvalue weighted by molar-refractivity contribution is -0.158. The van der Waals surface area contributed by atoms with Crippen LogP contribution in [0.3, 0.4) is 0 Å². The maximum absolute atomic E-state index is 12.4. The lowest BCUT2D eigenvalue weighted by atomic mass is 9.80. The quantitative estimate of drug-likeness (QED) is 0.852. The molecule has 0 bridgehead atoms. The van der Waals surface area contributed by atoms with Crippen molar-refractivity contribution in [2.75, 3.05) is 6.61 Å². The molecule has 4 nitrogen and oxygen atoms in total. The first-order valence-corrected chi connectivity index (χ1v) is 8.66. The van der Waals surface area contributed by atoms with Crippen LogP contribution in [0.2, 0.25) is 0 Å². The molecule has 2 aromatic carbocycles. The lowest BCUT2D eigenvalue weighted by Gasteiger charge is -2.43. The van der Waals surface area contributed by atoms with Crippen LogP contribution in [0.5, 0.6) is 0 Å². The Hall–Kier alpha value is -2.46. The van der Waals surface area contributed by atoms with Gasteiger partial charge in [-0.05, 0) is 11.1 Å². The molecule has 1 fully saturated rings. The molecule has 2 atom stereocenters. The van der Waals surface area contributed by atoms with E-state index in [1.54, 1.807) is 6.92 Å². The molecule has 1 aliphatic rings. The summed E-state index contributed by atoms with van der Waals surface area (Å²) in [7, 11) is 0. The van der Waals surface area contributed by atoms with Gasteiger partial charge in [0.2, 0.25) is 0 Å². The Labute approximate surface area is 148 Å². The van der Waals surface area contributed by atoms with Gasteiger partial charge >= 0.3 is 5.97 Å².